The molecular weight excluding hydrogens is 251 g/mol. The van der Waals surface area contributed by atoms with Crippen LogP contribution >= 0.6 is 30.4 Å². The van der Waals surface area contributed by atoms with E-state index in [1.807, 2.05) is 27.7 Å². The van der Waals surface area contributed by atoms with E-state index < -0.39 is 6.80 Å². The summed E-state index contributed by atoms with van der Waals surface area (Å²) in [5, 5.41) is 0. The van der Waals surface area contributed by atoms with Gasteiger partial charge in [0.1, 0.15) is 0 Å². The summed E-state index contributed by atoms with van der Waals surface area (Å²) in [6, 6.07) is 0. The summed E-state index contributed by atoms with van der Waals surface area (Å²) in [6.45, 7) is 5.85. The van der Waals surface area contributed by atoms with Gasteiger partial charge in [0.05, 0.1) is 17.4 Å². The summed E-state index contributed by atoms with van der Waals surface area (Å²) >= 11 is 6.19. The van der Waals surface area contributed by atoms with E-state index in [1.54, 1.807) is 0 Å². The normalized spacial score (nSPS) is 24.1. The van der Waals surface area contributed by atoms with Crippen LogP contribution in [0.3, 0.4) is 0 Å². The Labute approximate surface area is 101 Å². The van der Waals surface area contributed by atoms with Crippen molar-refractivity contribution >= 4 is 34.6 Å². The van der Waals surface area contributed by atoms with Crippen LogP contribution in [-0.4, -0.2) is 17.4 Å². The zero-order valence-electron chi connectivity index (χ0n) is 9.48. The fourth-order valence-electron chi connectivity index (χ4n) is 0.855. The third-order valence-corrected chi connectivity index (χ3v) is 6.65. The lowest BCUT2D eigenvalue weighted by molar-refractivity contribution is 0.0502. The Balaban J connectivity index is 2.56. The van der Waals surface area contributed by atoms with Gasteiger partial charge in [0.2, 0.25) is 0 Å². The maximum atomic E-state index is 12.1. The molecule has 15 heavy (non-hydrogen) atoms. The summed E-state index contributed by atoms with van der Waals surface area (Å²) in [6.07, 6.45) is 0. The van der Waals surface area contributed by atoms with Crippen molar-refractivity contribution in [1.82, 2.24) is 0 Å². The number of hydrogen-bond donors (Lipinski definition) is 0. The topological polar surface area (TPSA) is 35.5 Å². The van der Waals surface area contributed by atoms with Crippen LogP contribution in [0.15, 0.2) is 0 Å². The van der Waals surface area contributed by atoms with Crippen LogP contribution in [0, 0.1) is 11.3 Å². The van der Waals surface area contributed by atoms with Crippen LogP contribution in [0.5, 0.6) is 0 Å². The van der Waals surface area contributed by atoms with E-state index in [0.29, 0.717) is 17.4 Å². The van der Waals surface area contributed by atoms with E-state index in [-0.39, 0.29) is 11.3 Å². The van der Waals surface area contributed by atoms with E-state index in [2.05, 4.69) is 0 Å². The van der Waals surface area contributed by atoms with Gasteiger partial charge >= 0.3 is 6.80 Å². The molecule has 0 aromatic rings. The highest BCUT2D eigenvalue weighted by Crippen LogP contribution is 2.64. The molecular formula is C9H17O3PS2. The Hall–Kier alpha value is 0.590. The van der Waals surface area contributed by atoms with Gasteiger partial charge in [-0.2, -0.15) is 0 Å². The molecule has 0 saturated carbocycles. The molecule has 1 saturated heterocycles. The molecule has 1 fully saturated rings. The molecule has 0 aromatic heterocycles. The fourth-order valence-corrected chi connectivity index (χ4v) is 5.23. The molecule has 1 heterocycles. The Morgan fingerprint density at radius 1 is 1.40 bits per heavy atom. The molecule has 6 heteroatoms. The van der Waals surface area contributed by atoms with Crippen molar-refractivity contribution in [2.24, 2.45) is 11.3 Å². The van der Waals surface area contributed by atoms with Gasteiger partial charge in [0, 0.05) is 16.8 Å². The second kappa shape index (κ2) is 4.84. The predicted octanol–water partition coefficient (Wildman–Crippen LogP) is 3.88. The minimum Gasteiger partial charge on any atom is -0.300 e. The summed E-state index contributed by atoms with van der Waals surface area (Å²) in [5.74, 6) is 0.206. The van der Waals surface area contributed by atoms with Crippen molar-refractivity contribution in [3.8, 4) is 0 Å². The average Bonchev–Trinajstić information content (AvgIpc) is 2.11. The maximum absolute atomic E-state index is 12.1. The van der Waals surface area contributed by atoms with Gasteiger partial charge < -0.3 is 0 Å². The Morgan fingerprint density at radius 3 is 2.27 bits per heavy atom. The maximum Gasteiger partial charge on any atom is 0.394 e. The summed E-state index contributed by atoms with van der Waals surface area (Å²) in [7, 11) is 0. The van der Waals surface area contributed by atoms with Crippen molar-refractivity contribution in [2.75, 3.05) is 13.2 Å². The van der Waals surface area contributed by atoms with Crippen LogP contribution in [-0.2, 0) is 13.6 Å². The van der Waals surface area contributed by atoms with E-state index in [1.165, 1.54) is 0 Å². The van der Waals surface area contributed by atoms with Gasteiger partial charge in [0.25, 0.3) is 0 Å². The van der Waals surface area contributed by atoms with Gasteiger partial charge in [0.15, 0.2) is 0 Å². The van der Waals surface area contributed by atoms with Crippen LogP contribution in [0.4, 0.5) is 0 Å². The third kappa shape index (κ3) is 4.16. The molecule has 1 aliphatic heterocycles. The van der Waals surface area contributed by atoms with Gasteiger partial charge in [-0.15, -0.1) is 0 Å². The molecule has 0 unspecified atom stereocenters. The fraction of sp³-hybridized carbons (Fsp3) is 0.889. The summed E-state index contributed by atoms with van der Waals surface area (Å²) in [5.41, 5.74) is -0.0616. The van der Waals surface area contributed by atoms with E-state index in [9.17, 15) is 4.57 Å². The monoisotopic (exact) mass is 268 g/mol. The lowest BCUT2D eigenvalue weighted by Crippen LogP contribution is -2.29. The zero-order chi connectivity index (χ0) is 11.7. The number of thiocarbonyl (C=S) groups is 1. The van der Waals surface area contributed by atoms with Crippen LogP contribution in [0.2, 0.25) is 0 Å². The predicted molar refractivity (Wildman–Crippen MR) is 68.3 cm³/mol. The van der Waals surface area contributed by atoms with Crippen molar-refractivity contribution in [3.05, 3.63) is 0 Å². The highest BCUT2D eigenvalue weighted by Gasteiger charge is 2.38. The molecule has 1 aliphatic rings. The van der Waals surface area contributed by atoms with Crippen LogP contribution in [0.25, 0.3) is 0 Å². The lowest BCUT2D eigenvalue weighted by atomic mass is 9.97. The minimum absolute atomic E-state index is 0.0616. The highest BCUT2D eigenvalue weighted by molar-refractivity contribution is 8.65. The van der Waals surface area contributed by atoms with Crippen LogP contribution < -0.4 is 0 Å². The SMILES string of the molecule is CC(C)C(=S)SP1(=O)OCC(C)(C)CO1. The molecule has 0 spiro atoms. The first-order valence-electron chi connectivity index (χ1n) is 4.87. The molecule has 0 radical (unpaired) electrons. The molecule has 0 aromatic carbocycles. The highest BCUT2D eigenvalue weighted by atomic mass is 32.7. The first-order chi connectivity index (χ1) is 6.74. The van der Waals surface area contributed by atoms with Crippen molar-refractivity contribution in [2.45, 2.75) is 27.7 Å². The molecule has 0 N–H and O–H groups in total. The van der Waals surface area contributed by atoms with E-state index >= 15 is 0 Å². The largest absolute Gasteiger partial charge is 0.394 e. The molecule has 0 bridgehead atoms. The van der Waals surface area contributed by atoms with Gasteiger partial charge in [-0.05, 0) is 5.92 Å². The first-order valence-corrected chi connectivity index (χ1v) is 8.24. The minimum atomic E-state index is -3.03. The molecule has 0 atom stereocenters. The summed E-state index contributed by atoms with van der Waals surface area (Å²) in [4.78, 5) is 0. The Kier molecular flexibility index (Phi) is 4.41. The molecule has 0 aliphatic carbocycles. The second-order valence-corrected chi connectivity index (χ2v) is 9.34. The standard InChI is InChI=1S/C9H17O3PS2/c1-7(2)8(14)15-13(10)11-5-9(3,4)6-12-13/h7H,5-6H2,1-4H3. The van der Waals surface area contributed by atoms with Gasteiger partial charge in [-0.25, -0.2) is 4.57 Å². The first kappa shape index (κ1) is 13.7. The van der Waals surface area contributed by atoms with Crippen LogP contribution in [0.1, 0.15) is 27.7 Å². The molecule has 1 rings (SSSR count). The van der Waals surface area contributed by atoms with Crippen molar-refractivity contribution < 1.29 is 13.6 Å². The lowest BCUT2D eigenvalue weighted by Gasteiger charge is -2.33. The summed E-state index contributed by atoms with van der Waals surface area (Å²) < 4.78 is 23.4. The Morgan fingerprint density at radius 2 is 1.87 bits per heavy atom. The van der Waals surface area contributed by atoms with E-state index in [0.717, 1.165) is 11.4 Å². The van der Waals surface area contributed by atoms with Crippen molar-refractivity contribution in [3.63, 3.8) is 0 Å². The molecule has 0 amide bonds. The third-order valence-electron chi connectivity index (χ3n) is 1.90. The second-order valence-electron chi connectivity index (χ2n) is 4.72. The smallest absolute Gasteiger partial charge is 0.300 e. The number of hydrogen-bond acceptors (Lipinski definition) is 5. The average molecular weight is 268 g/mol. The zero-order valence-corrected chi connectivity index (χ0v) is 12.0. The Bertz CT molecular complexity index is 288. The van der Waals surface area contributed by atoms with Crippen molar-refractivity contribution in [1.29, 1.82) is 0 Å². The van der Waals surface area contributed by atoms with Gasteiger partial charge in [-0.1, -0.05) is 39.9 Å². The van der Waals surface area contributed by atoms with Gasteiger partial charge in [-0.3, -0.25) is 9.05 Å². The van der Waals surface area contributed by atoms with E-state index in [4.69, 9.17) is 21.3 Å². The quantitative estimate of drug-likeness (QED) is 0.561. The number of rotatable bonds is 2. The molecule has 88 valence electrons. The molecule has 3 nitrogen and oxygen atoms in total.